The molecule has 3 aromatic heterocycles. The summed E-state index contributed by atoms with van der Waals surface area (Å²) in [5.41, 5.74) is 12.6. The van der Waals surface area contributed by atoms with Gasteiger partial charge in [-0.3, -0.25) is 0 Å². The normalized spacial score (nSPS) is 10.5. The molecule has 3 heterocycles. The predicted molar refractivity (Wildman–Crippen MR) is 345 cm³/mol. The number of hydrogen-bond donors (Lipinski definition) is 7. The van der Waals surface area contributed by atoms with Crippen LogP contribution < -0.4 is 137 Å². The van der Waals surface area contributed by atoms with Gasteiger partial charge in [-0.2, -0.15) is 0 Å². The fourth-order valence-corrected chi connectivity index (χ4v) is 8.78. The first kappa shape index (κ1) is 90.6. The van der Waals surface area contributed by atoms with Crippen LogP contribution in [-0.2, 0) is 42.3 Å². The molecule has 0 saturated carbocycles. The second-order valence-corrected chi connectivity index (χ2v) is 22.1. The van der Waals surface area contributed by atoms with Crippen LogP contribution in [0.4, 0.5) is 50.7 Å². The fourth-order valence-electron chi connectivity index (χ4n) is 8.78. The molecule has 0 aliphatic heterocycles. The standard InChI is InChI=1S/C21H36B2N5O2.C17H28N7.C11H12FN4.C10H25B2NO2.2ClH.3HI/c1-22(29)13-5-7-15-28(16-8-6-14-23(2)30)20-11-9-19(10-12-20)24-25-21-26(3)17-18-27(21)4;1-22-13-14-23(2)17(22)21-20-15-5-7-16(8-6-15)24(11-3-9-18)12-4-10-19;1-15-7-8-16(2)11(15)14-13-10-5-3-9(12)4-6-10;1-11(14)7-3-5-9-13-10-6-4-8-12(2)15;;;;;/h9-12,17-18,29-30H,5-8,13-16H2,1-4H3;5-8,13-14H,3-4,9-12,18-19H2,1-2H3;3-8H,1-2H3;13-15H,3-10H2,1-2H3;5*1H/q3*+1;;;;;;/p-3. The highest BCUT2D eigenvalue weighted by Gasteiger charge is 2.15. The molecule has 502 valence electrons. The van der Waals surface area contributed by atoms with Crippen molar-refractivity contribution in [2.45, 2.75) is 117 Å². The molecule has 11 N–H and O–H groups in total. The summed E-state index contributed by atoms with van der Waals surface area (Å²) in [6, 6.07) is 22.4. The van der Waals surface area contributed by atoms with Gasteiger partial charge in [-0.15, -0.1) is 0 Å². The summed E-state index contributed by atoms with van der Waals surface area (Å²) in [6.45, 7) is 14.6. The van der Waals surface area contributed by atoms with Gasteiger partial charge in [0.2, 0.25) is 0 Å². The van der Waals surface area contributed by atoms with E-state index in [0.717, 1.165) is 171 Å². The number of hydrogen-bond acceptors (Lipinski definition) is 13. The molecule has 0 spiro atoms. The molecular weight excluding hydrogens is 1520 g/mol. The van der Waals surface area contributed by atoms with E-state index in [4.69, 9.17) is 10.0 Å². The van der Waals surface area contributed by atoms with Crippen molar-refractivity contribution < 1.29 is 146 Å². The molecule has 3 aromatic carbocycles. The summed E-state index contributed by atoms with van der Waals surface area (Å²) in [5, 5.41) is 65.9. The molecule has 0 atom stereocenters. The van der Waals surface area contributed by atoms with Crippen molar-refractivity contribution in [3.05, 3.63) is 116 Å². The molecule has 0 radical (unpaired) electrons. The summed E-state index contributed by atoms with van der Waals surface area (Å²) in [6.07, 6.45) is 25.9. The minimum Gasteiger partial charge on any atom is -1.00 e. The number of rotatable bonds is 34. The number of nitrogens with one attached hydrogen (secondary N) is 1. The molecule has 0 fully saturated rings. The van der Waals surface area contributed by atoms with Crippen LogP contribution in [-0.4, -0.2) is 114 Å². The first-order valence-corrected chi connectivity index (χ1v) is 30.6. The Bertz CT molecular complexity index is 2710. The van der Waals surface area contributed by atoms with E-state index < -0.39 is 0 Å². The number of benzene rings is 3. The summed E-state index contributed by atoms with van der Waals surface area (Å²) in [5.74, 6) is 2.05. The minimum atomic E-state index is -0.275. The van der Waals surface area contributed by atoms with Crippen molar-refractivity contribution in [2.75, 3.05) is 62.2 Å². The first-order valence-electron chi connectivity index (χ1n) is 30.6. The Kier molecular flexibility index (Phi) is 54.0. The van der Waals surface area contributed by atoms with E-state index in [1.807, 2.05) is 158 Å². The van der Waals surface area contributed by atoms with E-state index in [2.05, 4.69) is 81.5 Å². The van der Waals surface area contributed by atoms with Crippen LogP contribution in [0.3, 0.4) is 0 Å². The van der Waals surface area contributed by atoms with E-state index in [-0.39, 0.29) is 130 Å². The van der Waals surface area contributed by atoms with Gasteiger partial charge in [-0.1, -0.05) is 68.3 Å². The van der Waals surface area contributed by atoms with Gasteiger partial charge in [0.25, 0.3) is 27.7 Å². The molecular formula is C59H103B4Cl2FI3N17O4. The van der Waals surface area contributed by atoms with Gasteiger partial charge < -0.3 is 143 Å². The third-order valence-electron chi connectivity index (χ3n) is 13.9. The largest absolute Gasteiger partial charge is 1.00 e. The lowest BCUT2D eigenvalue weighted by Gasteiger charge is -2.25. The van der Waals surface area contributed by atoms with Crippen molar-refractivity contribution in [3.63, 3.8) is 0 Å². The van der Waals surface area contributed by atoms with Gasteiger partial charge in [-0.05, 0) is 137 Å². The smallest absolute Gasteiger partial charge is 0.421 e. The van der Waals surface area contributed by atoms with Gasteiger partial charge >= 0.3 is 17.8 Å². The molecule has 0 bridgehead atoms. The van der Waals surface area contributed by atoms with E-state index >= 15 is 0 Å². The average molecular weight is 1630 g/mol. The predicted octanol–water partition coefficient (Wildman–Crippen LogP) is -7.02. The maximum Gasteiger partial charge on any atom is 0.421 e. The number of halogens is 6. The topological polar surface area (TPSA) is 255 Å². The Labute approximate surface area is 602 Å². The highest BCUT2D eigenvalue weighted by molar-refractivity contribution is 6.49. The van der Waals surface area contributed by atoms with Gasteiger partial charge in [-0.25, -0.2) is 31.8 Å². The average Bonchev–Trinajstić information content (AvgIpc) is 1.85. The van der Waals surface area contributed by atoms with Crippen LogP contribution >= 0.6 is 0 Å². The van der Waals surface area contributed by atoms with E-state index in [9.17, 15) is 14.4 Å². The Balaban J connectivity index is -0.00000114. The molecule has 90 heavy (non-hydrogen) atoms. The Morgan fingerprint density at radius 2 is 0.700 bits per heavy atom. The molecule has 0 amide bonds. The second-order valence-electron chi connectivity index (χ2n) is 22.1. The van der Waals surface area contributed by atoms with Crippen LogP contribution in [0.1, 0.15) is 64.2 Å². The van der Waals surface area contributed by atoms with Gasteiger partial charge in [0.15, 0.2) is 0 Å². The van der Waals surface area contributed by atoms with Crippen molar-refractivity contribution in [1.82, 2.24) is 19.0 Å². The maximum atomic E-state index is 12.6. The summed E-state index contributed by atoms with van der Waals surface area (Å²) < 4.78 is 24.1. The highest BCUT2D eigenvalue weighted by atomic mass is 127. The SMILES string of the molecule is CB(O)CCCCN(CCCCB(C)O)c1ccc(N=Nc2n(C)cc[n+]2C)cc1.CB(O)CCCCNCCCCB(C)O.Cn1cc[n+](C)c1N=Nc1ccc(F)cc1.Cn1cc[n+](C)c1N=Nc1ccc(N(CCC[NH3+])CCC[NH3+])cc1.[Cl-].[Cl-].[I-].[I-].[I-]. The monoisotopic (exact) mass is 1630 g/mol. The second kappa shape index (κ2) is 53.7. The number of nitrogens with zero attached hydrogens (tertiary/aromatic N) is 14. The quantitative estimate of drug-likeness (QED) is 0.00676. The lowest BCUT2D eigenvalue weighted by Crippen LogP contribution is -3.00. The lowest BCUT2D eigenvalue weighted by atomic mass is 9.67. The van der Waals surface area contributed by atoms with E-state index in [1.54, 1.807) is 12.1 Å². The third kappa shape index (κ3) is 39.2. The lowest BCUT2D eigenvalue weighted by molar-refractivity contribution is -0.657. The Morgan fingerprint density at radius 3 is 0.956 bits per heavy atom. The van der Waals surface area contributed by atoms with Crippen molar-refractivity contribution in [2.24, 2.45) is 73.0 Å². The molecule has 31 heteroatoms. The van der Waals surface area contributed by atoms with Crippen LogP contribution in [0.5, 0.6) is 0 Å². The molecule has 0 saturated heterocycles. The number of aryl methyl sites for hydroxylation is 6. The molecule has 0 unspecified atom stereocenters. The Hall–Kier alpha value is -3.63. The zero-order valence-corrected chi connectivity index (χ0v) is 63.0. The summed E-state index contributed by atoms with van der Waals surface area (Å²) >= 11 is 0. The summed E-state index contributed by atoms with van der Waals surface area (Å²) in [4.78, 5) is 4.79. The molecule has 6 rings (SSSR count). The van der Waals surface area contributed by atoms with E-state index in [0.29, 0.717) is 5.69 Å². The zero-order chi connectivity index (χ0) is 62.4. The maximum absolute atomic E-state index is 12.6. The summed E-state index contributed by atoms with van der Waals surface area (Å²) in [7, 11) is 11.6. The van der Waals surface area contributed by atoms with Gasteiger partial charge in [0.1, 0.15) is 22.9 Å². The molecule has 0 aliphatic rings. The number of anilines is 2. The van der Waals surface area contributed by atoms with Crippen LogP contribution in [0.15, 0.2) is 141 Å². The minimum absolute atomic E-state index is 0. The van der Waals surface area contributed by atoms with E-state index in [1.165, 1.54) is 23.5 Å². The fraction of sp³-hybridized carbons (Fsp3) is 0.542. The third-order valence-corrected chi connectivity index (χ3v) is 13.9. The van der Waals surface area contributed by atoms with Crippen molar-refractivity contribution >= 4 is 73.9 Å². The number of aromatic nitrogens is 6. The van der Waals surface area contributed by atoms with Crippen molar-refractivity contribution in [3.8, 4) is 0 Å². The molecule has 6 aromatic rings. The number of imidazole rings is 3. The van der Waals surface area contributed by atoms with Gasteiger partial charge in [0, 0.05) is 65.7 Å². The number of azo groups is 3. The van der Waals surface area contributed by atoms with Crippen molar-refractivity contribution in [1.29, 1.82) is 0 Å². The Morgan fingerprint density at radius 1 is 0.433 bits per heavy atom. The molecule has 0 aliphatic carbocycles. The molecule has 21 nitrogen and oxygen atoms in total. The van der Waals surface area contributed by atoms with Crippen LogP contribution in [0.2, 0.25) is 52.6 Å². The van der Waals surface area contributed by atoms with Crippen LogP contribution in [0, 0.1) is 5.82 Å². The van der Waals surface area contributed by atoms with Crippen LogP contribution in [0.25, 0.3) is 0 Å². The van der Waals surface area contributed by atoms with Gasteiger partial charge in [0.05, 0.1) is 92.6 Å². The number of quaternary nitrogens is 2. The number of unbranched alkanes of at least 4 members (excludes halogenated alkanes) is 4. The highest BCUT2D eigenvalue weighted by Crippen LogP contribution is 2.24. The first-order chi connectivity index (χ1) is 40.8. The zero-order valence-electron chi connectivity index (χ0n) is 55.0.